The fourth-order valence-corrected chi connectivity index (χ4v) is 3.48. The zero-order valence-corrected chi connectivity index (χ0v) is 13.1. The zero-order valence-electron chi connectivity index (χ0n) is 12.3. The average Bonchev–Trinajstić information content (AvgIpc) is 2.40. The smallest absolute Gasteiger partial charge is 0.229 e. The second-order valence-corrected chi connectivity index (χ2v) is 7.49. The van der Waals surface area contributed by atoms with Crippen LogP contribution in [0.25, 0.3) is 0 Å². The molecule has 1 aliphatic carbocycles. The van der Waals surface area contributed by atoms with Crippen molar-refractivity contribution in [3.63, 3.8) is 0 Å². The fourth-order valence-electron chi connectivity index (χ4n) is 2.88. The first-order chi connectivity index (χ1) is 9.46. The lowest BCUT2D eigenvalue weighted by molar-refractivity contribution is 0.185. The summed E-state index contributed by atoms with van der Waals surface area (Å²) in [6.07, 6.45) is 7.64. The van der Waals surface area contributed by atoms with Crippen molar-refractivity contribution in [1.29, 1.82) is 0 Å². The largest absolute Gasteiger partial charge is 0.299 e. The number of sulfonamides is 1. The molecule has 0 unspecified atom stereocenters. The Hall–Kier alpha value is -1.07. The second kappa shape index (κ2) is 6.59. The van der Waals surface area contributed by atoms with Gasteiger partial charge in [0.1, 0.15) is 0 Å². The van der Waals surface area contributed by atoms with Gasteiger partial charge in [-0.05, 0) is 31.5 Å². The quantitative estimate of drug-likeness (QED) is 0.909. The molecule has 0 amide bonds. The first kappa shape index (κ1) is 15.3. The van der Waals surface area contributed by atoms with Crippen LogP contribution in [-0.4, -0.2) is 32.7 Å². The molecule has 0 atom stereocenters. The highest BCUT2D eigenvalue weighted by Crippen LogP contribution is 2.25. The standard InChI is InChI=1S/C15H24N2O2S/c1-17(14-9-4-3-5-10-14)12-13-8-6-7-11-15(13)16-20(2,18)19/h6-8,11,14,16H,3-5,9-10,12H2,1-2H3. The highest BCUT2D eigenvalue weighted by atomic mass is 32.2. The molecule has 1 aromatic carbocycles. The average molecular weight is 296 g/mol. The number of hydrogen-bond acceptors (Lipinski definition) is 3. The number of para-hydroxylation sites is 1. The van der Waals surface area contributed by atoms with Crippen LogP contribution in [0.15, 0.2) is 24.3 Å². The Bertz CT molecular complexity index is 537. The molecule has 0 aromatic heterocycles. The lowest BCUT2D eigenvalue weighted by Crippen LogP contribution is -2.33. The van der Waals surface area contributed by atoms with Gasteiger partial charge in [-0.15, -0.1) is 0 Å². The molecular weight excluding hydrogens is 272 g/mol. The fraction of sp³-hybridized carbons (Fsp3) is 0.600. The van der Waals surface area contributed by atoms with Crippen molar-refractivity contribution in [3.8, 4) is 0 Å². The third-order valence-corrected chi connectivity index (χ3v) is 4.52. The van der Waals surface area contributed by atoms with E-state index < -0.39 is 10.0 Å². The lowest BCUT2D eigenvalue weighted by atomic mass is 9.94. The molecular formula is C15H24N2O2S. The van der Waals surface area contributed by atoms with Crippen molar-refractivity contribution in [1.82, 2.24) is 4.90 Å². The molecule has 0 radical (unpaired) electrons. The van der Waals surface area contributed by atoms with E-state index in [1.54, 1.807) is 0 Å². The van der Waals surface area contributed by atoms with E-state index in [0.717, 1.165) is 12.1 Å². The van der Waals surface area contributed by atoms with E-state index in [1.165, 1.54) is 38.4 Å². The van der Waals surface area contributed by atoms with Crippen molar-refractivity contribution in [3.05, 3.63) is 29.8 Å². The van der Waals surface area contributed by atoms with E-state index >= 15 is 0 Å². The molecule has 0 heterocycles. The van der Waals surface area contributed by atoms with Crippen LogP contribution < -0.4 is 4.72 Å². The molecule has 1 fully saturated rings. The number of nitrogens with one attached hydrogen (secondary N) is 1. The third kappa shape index (κ3) is 4.49. The van der Waals surface area contributed by atoms with Gasteiger partial charge in [-0.3, -0.25) is 9.62 Å². The van der Waals surface area contributed by atoms with E-state index in [9.17, 15) is 8.42 Å². The van der Waals surface area contributed by atoms with Crippen LogP contribution >= 0.6 is 0 Å². The van der Waals surface area contributed by atoms with Gasteiger partial charge in [-0.2, -0.15) is 0 Å². The van der Waals surface area contributed by atoms with E-state index in [4.69, 9.17) is 0 Å². The monoisotopic (exact) mass is 296 g/mol. The van der Waals surface area contributed by atoms with Gasteiger partial charge in [0.25, 0.3) is 0 Å². The molecule has 1 N–H and O–H groups in total. The summed E-state index contributed by atoms with van der Waals surface area (Å²) in [5.74, 6) is 0. The minimum atomic E-state index is -3.23. The Balaban J connectivity index is 2.08. The molecule has 5 heteroatoms. The van der Waals surface area contributed by atoms with E-state index in [1.807, 2.05) is 24.3 Å². The van der Waals surface area contributed by atoms with Gasteiger partial charge >= 0.3 is 0 Å². The van der Waals surface area contributed by atoms with E-state index in [0.29, 0.717) is 11.7 Å². The lowest BCUT2D eigenvalue weighted by Gasteiger charge is -2.31. The van der Waals surface area contributed by atoms with Gasteiger partial charge in [0.05, 0.1) is 11.9 Å². The number of nitrogens with zero attached hydrogens (tertiary/aromatic N) is 1. The molecule has 1 aromatic rings. The Kier molecular flexibility index (Phi) is 5.05. The van der Waals surface area contributed by atoms with Crippen LogP contribution in [0.3, 0.4) is 0 Å². The summed E-state index contributed by atoms with van der Waals surface area (Å²) in [5.41, 5.74) is 1.73. The first-order valence-corrected chi connectivity index (χ1v) is 9.11. The highest BCUT2D eigenvalue weighted by molar-refractivity contribution is 7.92. The molecule has 0 bridgehead atoms. The normalized spacial score (nSPS) is 17.4. The topological polar surface area (TPSA) is 49.4 Å². The summed E-state index contributed by atoms with van der Waals surface area (Å²) >= 11 is 0. The SMILES string of the molecule is CN(Cc1ccccc1NS(C)(=O)=O)C1CCCCC1. The van der Waals surface area contributed by atoms with Gasteiger partial charge in [0, 0.05) is 12.6 Å². The second-order valence-electron chi connectivity index (χ2n) is 5.74. The summed E-state index contributed by atoms with van der Waals surface area (Å²) in [5, 5.41) is 0. The zero-order chi connectivity index (χ0) is 14.6. The molecule has 2 rings (SSSR count). The maximum atomic E-state index is 11.4. The maximum absolute atomic E-state index is 11.4. The summed E-state index contributed by atoms with van der Waals surface area (Å²) in [6, 6.07) is 8.25. The van der Waals surface area contributed by atoms with Gasteiger partial charge in [-0.1, -0.05) is 37.5 Å². The Morgan fingerprint density at radius 3 is 2.50 bits per heavy atom. The highest BCUT2D eigenvalue weighted by Gasteiger charge is 2.19. The minimum absolute atomic E-state index is 0.620. The van der Waals surface area contributed by atoms with Crippen LogP contribution in [0, 0.1) is 0 Å². The molecule has 20 heavy (non-hydrogen) atoms. The number of hydrogen-bond donors (Lipinski definition) is 1. The first-order valence-electron chi connectivity index (χ1n) is 7.21. The maximum Gasteiger partial charge on any atom is 0.229 e. The van der Waals surface area contributed by atoms with E-state index in [-0.39, 0.29) is 0 Å². The van der Waals surface area contributed by atoms with Crippen LogP contribution in [0.4, 0.5) is 5.69 Å². The molecule has 0 saturated heterocycles. The van der Waals surface area contributed by atoms with Crippen LogP contribution in [0.1, 0.15) is 37.7 Å². The molecule has 4 nitrogen and oxygen atoms in total. The summed E-state index contributed by atoms with van der Waals surface area (Å²) in [4.78, 5) is 2.35. The van der Waals surface area contributed by atoms with Crippen molar-refractivity contribution < 1.29 is 8.42 Å². The molecule has 112 valence electrons. The predicted octanol–water partition coefficient (Wildman–Crippen LogP) is 2.82. The Morgan fingerprint density at radius 2 is 1.85 bits per heavy atom. The Morgan fingerprint density at radius 1 is 1.20 bits per heavy atom. The van der Waals surface area contributed by atoms with Crippen LogP contribution in [-0.2, 0) is 16.6 Å². The van der Waals surface area contributed by atoms with Gasteiger partial charge in [-0.25, -0.2) is 8.42 Å². The Labute approximate surface area is 122 Å². The number of rotatable bonds is 5. The summed E-state index contributed by atoms with van der Waals surface area (Å²) in [7, 11) is -1.10. The summed E-state index contributed by atoms with van der Waals surface area (Å²) < 4.78 is 25.4. The van der Waals surface area contributed by atoms with Crippen molar-refractivity contribution in [2.24, 2.45) is 0 Å². The molecule has 1 saturated carbocycles. The number of anilines is 1. The van der Waals surface area contributed by atoms with Crippen LogP contribution in [0.5, 0.6) is 0 Å². The third-order valence-electron chi connectivity index (χ3n) is 3.93. The van der Waals surface area contributed by atoms with Crippen LogP contribution in [0.2, 0.25) is 0 Å². The molecule has 0 aliphatic heterocycles. The van der Waals surface area contributed by atoms with Crippen molar-refractivity contribution in [2.45, 2.75) is 44.7 Å². The van der Waals surface area contributed by atoms with E-state index in [2.05, 4.69) is 16.7 Å². The minimum Gasteiger partial charge on any atom is -0.299 e. The number of benzene rings is 1. The predicted molar refractivity (Wildman–Crippen MR) is 83.2 cm³/mol. The van der Waals surface area contributed by atoms with Gasteiger partial charge < -0.3 is 0 Å². The van der Waals surface area contributed by atoms with Crippen molar-refractivity contribution >= 4 is 15.7 Å². The molecule has 1 aliphatic rings. The van der Waals surface area contributed by atoms with Gasteiger partial charge in [0.2, 0.25) is 10.0 Å². The summed E-state index contributed by atoms with van der Waals surface area (Å²) in [6.45, 7) is 0.781. The van der Waals surface area contributed by atoms with Gasteiger partial charge in [0.15, 0.2) is 0 Å². The molecule has 0 spiro atoms. The van der Waals surface area contributed by atoms with Crippen molar-refractivity contribution in [2.75, 3.05) is 18.0 Å².